The standard InChI is InChI=1S/C28H29F2N5O7S/c1-4-40-20-8-5-6-9-21(20)42-22-23(35-43(38,39)19-12-10-18(11-13-19)27(2,3)16-36)33-25(24-31-14-7-15-32-24)34-26(22)41-17-28(29,30)37/h5-15,36-37H,4,16-17H2,1-3H3,(H,33,34,35)/i2D3,3D3,16D2. The van der Waals surface area contributed by atoms with E-state index in [0.29, 0.717) is 12.1 Å². The molecule has 15 heteroatoms. The summed E-state index contributed by atoms with van der Waals surface area (Å²) >= 11 is 0. The summed E-state index contributed by atoms with van der Waals surface area (Å²) in [5, 5.41) is 19.4. The zero-order chi connectivity index (χ0) is 38.0. The number of anilines is 1. The molecular weight excluding hydrogens is 588 g/mol. The smallest absolute Gasteiger partial charge is 0.387 e. The molecule has 0 aliphatic heterocycles. The first kappa shape index (κ1) is 22.1. The Morgan fingerprint density at radius 2 is 1.65 bits per heavy atom. The number of sulfonamides is 1. The molecule has 0 spiro atoms. The van der Waals surface area contributed by atoms with Crippen molar-refractivity contribution in [2.24, 2.45) is 0 Å². The number of aromatic nitrogens is 4. The molecule has 0 saturated heterocycles. The van der Waals surface area contributed by atoms with E-state index in [2.05, 4.69) is 24.7 Å². The number of nitrogens with zero attached hydrogens (tertiary/aromatic N) is 4. The minimum atomic E-state index is -4.86. The minimum Gasteiger partial charge on any atom is -0.490 e. The lowest BCUT2D eigenvalue weighted by atomic mass is 9.86. The third kappa shape index (κ3) is 7.88. The van der Waals surface area contributed by atoms with Crippen molar-refractivity contribution in [1.82, 2.24) is 19.9 Å². The SMILES string of the molecule is [2H]C([2H])([2H])C(c1ccc(S(=O)(=O)Nc2nc(-c3ncccn3)nc(OCC(O)(F)F)c2Oc2ccccc2OCC)cc1)(C([2H])([2H])[2H])C([2H])([2H])O. The molecule has 0 saturated carbocycles. The largest absolute Gasteiger partial charge is 0.490 e. The summed E-state index contributed by atoms with van der Waals surface area (Å²) in [4.78, 5) is 15.4. The minimum absolute atomic E-state index is 0.0824. The van der Waals surface area contributed by atoms with Gasteiger partial charge in [0.2, 0.25) is 11.6 Å². The molecule has 43 heavy (non-hydrogen) atoms. The fourth-order valence-corrected chi connectivity index (χ4v) is 4.42. The Hall–Kier alpha value is -4.47. The average molecular weight is 626 g/mol. The van der Waals surface area contributed by atoms with Crippen LogP contribution >= 0.6 is 0 Å². The van der Waals surface area contributed by atoms with Crippen LogP contribution in [0.3, 0.4) is 0 Å². The van der Waals surface area contributed by atoms with Crippen LogP contribution in [0.4, 0.5) is 14.6 Å². The molecule has 2 aromatic carbocycles. The van der Waals surface area contributed by atoms with Crippen LogP contribution in [-0.2, 0) is 15.4 Å². The van der Waals surface area contributed by atoms with E-state index in [9.17, 15) is 22.3 Å². The maximum atomic E-state index is 13.8. The van der Waals surface area contributed by atoms with Gasteiger partial charge in [-0.3, -0.25) is 4.72 Å². The van der Waals surface area contributed by atoms with Crippen LogP contribution < -0.4 is 18.9 Å². The molecule has 0 amide bonds. The fourth-order valence-electron chi connectivity index (χ4n) is 3.41. The van der Waals surface area contributed by atoms with E-state index in [4.69, 9.17) is 30.3 Å². The van der Waals surface area contributed by atoms with Crippen LogP contribution in [0.2, 0.25) is 0 Å². The Morgan fingerprint density at radius 3 is 2.26 bits per heavy atom. The topological polar surface area (TPSA) is 166 Å². The number of para-hydroxylation sites is 2. The van der Waals surface area contributed by atoms with E-state index >= 15 is 0 Å². The third-order valence-corrected chi connectivity index (χ3v) is 6.70. The molecule has 4 aromatic rings. The zero-order valence-corrected chi connectivity index (χ0v) is 23.0. The molecule has 0 fully saturated rings. The van der Waals surface area contributed by atoms with E-state index in [-0.39, 0.29) is 23.9 Å². The van der Waals surface area contributed by atoms with Gasteiger partial charge in [0.1, 0.15) is 0 Å². The number of ether oxygens (including phenoxy) is 3. The van der Waals surface area contributed by atoms with Crippen molar-refractivity contribution >= 4 is 15.8 Å². The van der Waals surface area contributed by atoms with E-state index in [0.717, 1.165) is 12.1 Å². The van der Waals surface area contributed by atoms with Gasteiger partial charge in [-0.05, 0) is 42.8 Å². The van der Waals surface area contributed by atoms with Crippen molar-refractivity contribution < 1.29 is 52.6 Å². The van der Waals surface area contributed by atoms with Gasteiger partial charge in [0, 0.05) is 26.0 Å². The van der Waals surface area contributed by atoms with Crippen LogP contribution in [0, 0.1) is 0 Å². The summed E-state index contributed by atoms with van der Waals surface area (Å²) in [5.41, 5.74) is -4.30. The van der Waals surface area contributed by atoms with Crippen LogP contribution in [0.25, 0.3) is 11.6 Å². The molecule has 0 aliphatic rings. The predicted molar refractivity (Wildman–Crippen MR) is 151 cm³/mol. The molecule has 0 aliphatic carbocycles. The first-order chi connectivity index (χ1) is 23.5. The van der Waals surface area contributed by atoms with Gasteiger partial charge in [-0.2, -0.15) is 13.8 Å². The number of hydrogen-bond donors (Lipinski definition) is 3. The maximum Gasteiger partial charge on any atom is 0.387 e. The Kier molecular flexibility index (Phi) is 6.59. The second-order valence-electron chi connectivity index (χ2n) is 8.53. The fraction of sp³-hybridized carbons (Fsp3) is 0.286. The van der Waals surface area contributed by atoms with Crippen molar-refractivity contribution in [2.75, 3.05) is 24.5 Å². The van der Waals surface area contributed by atoms with Gasteiger partial charge in [0.25, 0.3) is 15.9 Å². The molecular formula is C28H29F2N5O7S. The normalized spacial score (nSPS) is 15.7. The molecule has 0 unspecified atom stereocenters. The summed E-state index contributed by atoms with van der Waals surface area (Å²) in [6.45, 7) is -11.1. The van der Waals surface area contributed by atoms with E-state index in [1.807, 2.05) is 0 Å². The van der Waals surface area contributed by atoms with Gasteiger partial charge in [0.15, 0.2) is 29.7 Å². The molecule has 3 N–H and O–H groups in total. The van der Waals surface area contributed by atoms with Gasteiger partial charge >= 0.3 is 6.11 Å². The van der Waals surface area contributed by atoms with Gasteiger partial charge in [-0.15, -0.1) is 0 Å². The Balaban J connectivity index is 1.91. The lowest BCUT2D eigenvalue weighted by Gasteiger charge is -2.22. The van der Waals surface area contributed by atoms with Gasteiger partial charge in [-0.1, -0.05) is 38.0 Å². The summed E-state index contributed by atoms with van der Waals surface area (Å²) in [5.74, 6) is -2.92. The van der Waals surface area contributed by atoms with E-state index < -0.39 is 82.1 Å². The molecule has 2 aromatic heterocycles. The van der Waals surface area contributed by atoms with Crippen molar-refractivity contribution in [2.45, 2.75) is 37.0 Å². The Labute approximate surface area is 257 Å². The highest BCUT2D eigenvalue weighted by Gasteiger charge is 2.30. The van der Waals surface area contributed by atoms with Crippen LogP contribution in [0.1, 0.15) is 37.2 Å². The highest BCUT2D eigenvalue weighted by molar-refractivity contribution is 7.92. The van der Waals surface area contributed by atoms with E-state index in [1.54, 1.807) is 13.0 Å². The first-order valence-corrected chi connectivity index (χ1v) is 13.7. The first-order valence-electron chi connectivity index (χ1n) is 16.2. The Bertz CT molecular complexity index is 1910. The number of alkyl halides is 2. The average Bonchev–Trinajstić information content (AvgIpc) is 3.00. The van der Waals surface area contributed by atoms with Crippen molar-refractivity contribution in [1.29, 1.82) is 0 Å². The predicted octanol–water partition coefficient (Wildman–Crippen LogP) is 4.16. The van der Waals surface area contributed by atoms with Crippen molar-refractivity contribution in [3.05, 3.63) is 72.6 Å². The summed E-state index contributed by atoms with van der Waals surface area (Å²) in [6.07, 6.45) is -1.84. The van der Waals surface area contributed by atoms with Crippen LogP contribution in [-0.4, -0.2) is 64.4 Å². The van der Waals surface area contributed by atoms with Crippen molar-refractivity contribution in [3.63, 3.8) is 0 Å². The molecule has 0 radical (unpaired) electrons. The summed E-state index contributed by atoms with van der Waals surface area (Å²) in [7, 11) is -4.86. The molecule has 2 heterocycles. The van der Waals surface area contributed by atoms with Gasteiger partial charge in [-0.25, -0.2) is 23.4 Å². The highest BCUT2D eigenvalue weighted by atomic mass is 32.2. The van der Waals surface area contributed by atoms with Crippen LogP contribution in [0.5, 0.6) is 23.1 Å². The van der Waals surface area contributed by atoms with E-state index in [1.165, 1.54) is 36.7 Å². The quantitative estimate of drug-likeness (QED) is 0.195. The third-order valence-electron chi connectivity index (χ3n) is 5.34. The summed E-state index contributed by atoms with van der Waals surface area (Å²) in [6, 6.07) is 10.3. The zero-order valence-electron chi connectivity index (χ0n) is 30.2. The van der Waals surface area contributed by atoms with Gasteiger partial charge < -0.3 is 24.4 Å². The monoisotopic (exact) mass is 625 g/mol. The number of hydrogen-bond acceptors (Lipinski definition) is 11. The van der Waals surface area contributed by atoms with Crippen LogP contribution in [0.15, 0.2) is 71.9 Å². The van der Waals surface area contributed by atoms with Gasteiger partial charge in [0.05, 0.1) is 20.8 Å². The number of aliphatic hydroxyl groups is 2. The van der Waals surface area contributed by atoms with Crippen molar-refractivity contribution in [3.8, 4) is 34.8 Å². The maximum absolute atomic E-state index is 13.8. The number of benzene rings is 2. The lowest BCUT2D eigenvalue weighted by molar-refractivity contribution is -0.217. The molecule has 228 valence electrons. The second-order valence-corrected chi connectivity index (χ2v) is 10.2. The molecule has 0 bridgehead atoms. The summed E-state index contributed by atoms with van der Waals surface area (Å²) < 4.78 is 136. The Morgan fingerprint density at radius 1 is 0.977 bits per heavy atom. The molecule has 4 rings (SSSR count). The second kappa shape index (κ2) is 12.8. The molecule has 12 nitrogen and oxygen atoms in total. The number of nitrogens with one attached hydrogen (secondary N) is 1. The lowest BCUT2D eigenvalue weighted by Crippen LogP contribution is -2.25. The number of rotatable bonds is 13. The highest BCUT2D eigenvalue weighted by Crippen LogP contribution is 2.42. The number of halogens is 2. The molecule has 0 atom stereocenters.